The Labute approximate surface area is 174 Å². The summed E-state index contributed by atoms with van der Waals surface area (Å²) in [6.07, 6.45) is 1.49. The first-order valence-electron chi connectivity index (χ1n) is 9.58. The van der Waals surface area contributed by atoms with Crippen LogP contribution >= 0.6 is 0 Å². The van der Waals surface area contributed by atoms with Crippen molar-refractivity contribution in [3.05, 3.63) is 53.8 Å². The van der Waals surface area contributed by atoms with Crippen molar-refractivity contribution in [3.8, 4) is 5.75 Å². The number of anilines is 1. The van der Waals surface area contributed by atoms with E-state index in [9.17, 15) is 13.2 Å². The first-order chi connectivity index (χ1) is 14.4. The van der Waals surface area contributed by atoms with Crippen LogP contribution in [0.2, 0.25) is 0 Å². The number of ether oxygens (including phenoxy) is 1. The molecular weight excluding hydrogens is 406 g/mol. The molecule has 1 fully saturated rings. The summed E-state index contributed by atoms with van der Waals surface area (Å²) in [6.45, 7) is 4.40. The predicted octanol–water partition coefficient (Wildman–Crippen LogP) is 2.60. The number of fused-ring (bicyclic) bond motifs is 1. The lowest BCUT2D eigenvalue weighted by atomic mass is 10.1. The highest BCUT2D eigenvalue weighted by Crippen LogP contribution is 2.30. The number of aryl methyl sites for hydroxylation is 1. The Morgan fingerprint density at radius 3 is 2.67 bits per heavy atom. The average Bonchev–Trinajstić information content (AvgIpc) is 3.21. The van der Waals surface area contributed by atoms with Crippen molar-refractivity contribution in [2.45, 2.75) is 11.8 Å². The molecule has 0 unspecified atom stereocenters. The predicted molar refractivity (Wildman–Crippen MR) is 114 cm³/mol. The molecule has 2 N–H and O–H groups in total. The highest BCUT2D eigenvalue weighted by molar-refractivity contribution is 7.92. The highest BCUT2D eigenvalue weighted by atomic mass is 32.2. The highest BCUT2D eigenvalue weighted by Gasteiger charge is 2.25. The number of hydrogen-bond donors (Lipinski definition) is 2. The molecule has 8 nitrogen and oxygen atoms in total. The minimum atomic E-state index is -3.94. The van der Waals surface area contributed by atoms with Crippen LogP contribution in [0.4, 0.5) is 5.69 Å². The Morgan fingerprint density at radius 2 is 1.93 bits per heavy atom. The number of amides is 1. The molecule has 158 valence electrons. The fourth-order valence-electron chi connectivity index (χ4n) is 3.54. The summed E-state index contributed by atoms with van der Waals surface area (Å²) in [5, 5.41) is 3.85. The quantitative estimate of drug-likeness (QED) is 0.647. The van der Waals surface area contributed by atoms with Gasteiger partial charge in [0.15, 0.2) is 0 Å². The zero-order valence-electron chi connectivity index (χ0n) is 16.8. The number of sulfonamides is 1. The molecule has 0 saturated carbocycles. The molecule has 9 heteroatoms. The minimum Gasteiger partial charge on any atom is -0.495 e. The maximum atomic E-state index is 13.1. The van der Waals surface area contributed by atoms with Gasteiger partial charge in [0.05, 0.1) is 24.6 Å². The number of carbonyl (C=O) groups is 1. The van der Waals surface area contributed by atoms with Crippen LogP contribution in [-0.4, -0.2) is 52.5 Å². The molecule has 30 heavy (non-hydrogen) atoms. The molecule has 1 aliphatic rings. The van der Waals surface area contributed by atoms with Gasteiger partial charge in [0.2, 0.25) is 0 Å². The van der Waals surface area contributed by atoms with Gasteiger partial charge in [-0.3, -0.25) is 9.52 Å². The number of rotatable bonds is 5. The second-order valence-corrected chi connectivity index (χ2v) is 8.82. The van der Waals surface area contributed by atoms with E-state index in [1.807, 2.05) is 0 Å². The standard InChI is InChI=1S/C21H23N3O5S/c1-14-3-4-18(28-2)19(11-14)30(26,27)23-16-12-15-5-10-29-20(15)17(13-16)21(25)24-8-6-22-7-9-24/h3-5,10-13,22-23H,6-9H2,1-2H3. The van der Waals surface area contributed by atoms with Gasteiger partial charge in [-0.25, -0.2) is 8.42 Å². The van der Waals surface area contributed by atoms with Crippen LogP contribution < -0.4 is 14.8 Å². The third-order valence-corrected chi connectivity index (χ3v) is 6.45. The average molecular weight is 429 g/mol. The monoisotopic (exact) mass is 429 g/mol. The molecule has 1 aliphatic heterocycles. The van der Waals surface area contributed by atoms with E-state index in [2.05, 4.69) is 10.0 Å². The Morgan fingerprint density at radius 1 is 1.17 bits per heavy atom. The maximum absolute atomic E-state index is 13.1. The van der Waals surface area contributed by atoms with E-state index in [-0.39, 0.29) is 22.2 Å². The van der Waals surface area contributed by atoms with Gasteiger partial charge in [-0.15, -0.1) is 0 Å². The normalized spacial score (nSPS) is 14.7. The van der Waals surface area contributed by atoms with Gasteiger partial charge >= 0.3 is 0 Å². The van der Waals surface area contributed by atoms with Gasteiger partial charge in [0.25, 0.3) is 15.9 Å². The van der Waals surface area contributed by atoms with Gasteiger partial charge in [0, 0.05) is 31.6 Å². The Bertz CT molecular complexity index is 1200. The summed E-state index contributed by atoms with van der Waals surface area (Å²) in [7, 11) is -2.52. The molecule has 1 aromatic heterocycles. The van der Waals surface area contributed by atoms with Crippen molar-refractivity contribution in [2.75, 3.05) is 38.0 Å². The van der Waals surface area contributed by atoms with Crippen molar-refractivity contribution in [2.24, 2.45) is 0 Å². The van der Waals surface area contributed by atoms with E-state index >= 15 is 0 Å². The summed E-state index contributed by atoms with van der Waals surface area (Å²) in [4.78, 5) is 14.9. The number of nitrogens with zero attached hydrogens (tertiary/aromatic N) is 1. The van der Waals surface area contributed by atoms with Crippen molar-refractivity contribution < 1.29 is 22.4 Å². The molecule has 0 radical (unpaired) electrons. The second-order valence-electron chi connectivity index (χ2n) is 7.16. The lowest BCUT2D eigenvalue weighted by Gasteiger charge is -2.27. The summed E-state index contributed by atoms with van der Waals surface area (Å²) in [6, 6.07) is 9.81. The molecule has 0 spiro atoms. The number of methoxy groups -OCH3 is 1. The second kappa shape index (κ2) is 8.00. The molecule has 1 amide bonds. The Kier molecular flexibility index (Phi) is 5.40. The SMILES string of the molecule is COc1ccc(C)cc1S(=O)(=O)Nc1cc(C(=O)N2CCNCC2)c2occc2c1. The van der Waals surface area contributed by atoms with Crippen LogP contribution in [0.25, 0.3) is 11.0 Å². The third kappa shape index (κ3) is 3.86. The molecule has 0 bridgehead atoms. The number of carbonyl (C=O) groups excluding carboxylic acids is 1. The van der Waals surface area contributed by atoms with E-state index in [1.165, 1.54) is 19.4 Å². The largest absolute Gasteiger partial charge is 0.495 e. The van der Waals surface area contributed by atoms with E-state index in [1.54, 1.807) is 42.2 Å². The summed E-state index contributed by atoms with van der Waals surface area (Å²) >= 11 is 0. The van der Waals surface area contributed by atoms with Crippen molar-refractivity contribution in [1.29, 1.82) is 0 Å². The molecule has 2 heterocycles. The van der Waals surface area contributed by atoms with Crippen LogP contribution in [0, 0.1) is 6.92 Å². The van der Waals surface area contributed by atoms with Crippen LogP contribution in [0.5, 0.6) is 5.75 Å². The Hall–Kier alpha value is -3.04. The number of piperazine rings is 1. The lowest BCUT2D eigenvalue weighted by molar-refractivity contribution is 0.0736. The zero-order valence-corrected chi connectivity index (χ0v) is 17.6. The van der Waals surface area contributed by atoms with E-state index in [0.717, 1.165) is 5.56 Å². The maximum Gasteiger partial charge on any atom is 0.265 e. The summed E-state index contributed by atoms with van der Waals surface area (Å²) in [5.74, 6) is 0.0558. The van der Waals surface area contributed by atoms with Gasteiger partial charge < -0.3 is 19.4 Å². The van der Waals surface area contributed by atoms with E-state index in [0.29, 0.717) is 42.7 Å². The first kappa shape index (κ1) is 20.2. The van der Waals surface area contributed by atoms with Gasteiger partial charge in [-0.1, -0.05) is 6.07 Å². The molecule has 1 saturated heterocycles. The molecular formula is C21H23N3O5S. The molecule has 0 atom stereocenters. The Balaban J connectivity index is 1.73. The van der Waals surface area contributed by atoms with E-state index < -0.39 is 10.0 Å². The van der Waals surface area contributed by atoms with Crippen molar-refractivity contribution in [3.63, 3.8) is 0 Å². The molecule has 3 aromatic rings. The molecule has 4 rings (SSSR count). The number of nitrogens with one attached hydrogen (secondary N) is 2. The van der Waals surface area contributed by atoms with Gasteiger partial charge in [-0.2, -0.15) is 0 Å². The van der Waals surface area contributed by atoms with Gasteiger partial charge in [0.1, 0.15) is 16.2 Å². The number of benzene rings is 2. The van der Waals surface area contributed by atoms with Crippen molar-refractivity contribution in [1.82, 2.24) is 10.2 Å². The fraction of sp³-hybridized carbons (Fsp3) is 0.286. The summed E-state index contributed by atoms with van der Waals surface area (Å²) in [5.41, 5.74) is 1.84. The van der Waals surface area contributed by atoms with Crippen LogP contribution in [-0.2, 0) is 10.0 Å². The van der Waals surface area contributed by atoms with E-state index in [4.69, 9.17) is 9.15 Å². The summed E-state index contributed by atoms with van der Waals surface area (Å²) < 4.78 is 39.5. The lowest BCUT2D eigenvalue weighted by Crippen LogP contribution is -2.46. The van der Waals surface area contributed by atoms with Gasteiger partial charge in [-0.05, 0) is 42.8 Å². The van der Waals surface area contributed by atoms with Crippen LogP contribution in [0.15, 0.2) is 52.0 Å². The zero-order chi connectivity index (χ0) is 21.3. The van der Waals surface area contributed by atoms with Crippen molar-refractivity contribution >= 4 is 32.6 Å². The van der Waals surface area contributed by atoms with Crippen LogP contribution in [0.1, 0.15) is 15.9 Å². The smallest absolute Gasteiger partial charge is 0.265 e. The first-order valence-corrected chi connectivity index (χ1v) is 11.1. The molecule has 0 aliphatic carbocycles. The third-order valence-electron chi connectivity index (χ3n) is 5.05. The topological polar surface area (TPSA) is 101 Å². The number of hydrogen-bond acceptors (Lipinski definition) is 6. The van der Waals surface area contributed by atoms with Crippen LogP contribution in [0.3, 0.4) is 0 Å². The minimum absolute atomic E-state index is 0.0345. The molecule has 2 aromatic carbocycles. The fourth-order valence-corrected chi connectivity index (χ4v) is 4.84. The number of furan rings is 1.